The monoisotopic (exact) mass is 486 g/mol. The summed E-state index contributed by atoms with van der Waals surface area (Å²) in [5.74, 6) is -1.20. The molecule has 10 heteroatoms. The molecule has 3 aromatic rings. The van der Waals surface area contributed by atoms with E-state index in [0.717, 1.165) is 35.2 Å². The van der Waals surface area contributed by atoms with Gasteiger partial charge in [0.15, 0.2) is 0 Å². The van der Waals surface area contributed by atoms with Gasteiger partial charge >= 0.3 is 6.36 Å². The Kier molecular flexibility index (Phi) is 5.87. The lowest BCUT2D eigenvalue weighted by molar-refractivity contribution is -0.274. The maximum atomic E-state index is 15.1. The van der Waals surface area contributed by atoms with Gasteiger partial charge in [-0.2, -0.15) is 5.26 Å². The SMILES string of the molecule is N#CC1CCc2c([nH]c3ncc(F)c(C4CCN(C(=O)c5ccc(OC(F)(F)F)cc5)CC4)c23)C1. The highest BCUT2D eigenvalue weighted by Crippen LogP contribution is 2.39. The number of pyridine rings is 1. The number of alkyl halides is 3. The van der Waals surface area contributed by atoms with Crippen LogP contribution >= 0.6 is 0 Å². The number of halogens is 4. The van der Waals surface area contributed by atoms with Gasteiger partial charge in [-0.3, -0.25) is 4.79 Å². The van der Waals surface area contributed by atoms with Crippen molar-refractivity contribution in [3.8, 4) is 11.8 Å². The first kappa shape index (κ1) is 23.1. The summed E-state index contributed by atoms with van der Waals surface area (Å²) in [5.41, 5.74) is 3.49. The number of piperidine rings is 1. The van der Waals surface area contributed by atoms with Crippen molar-refractivity contribution in [1.82, 2.24) is 14.9 Å². The fourth-order valence-electron chi connectivity index (χ4n) is 5.25. The second kappa shape index (κ2) is 8.87. The summed E-state index contributed by atoms with van der Waals surface area (Å²) in [5, 5.41) is 10.1. The van der Waals surface area contributed by atoms with Gasteiger partial charge in [0, 0.05) is 41.7 Å². The molecule has 1 fully saturated rings. The molecule has 2 aromatic heterocycles. The maximum Gasteiger partial charge on any atom is 0.573 e. The fourth-order valence-corrected chi connectivity index (χ4v) is 5.25. The number of likely N-dealkylation sites (tertiary alicyclic amines) is 1. The number of rotatable bonds is 3. The number of nitrogens with one attached hydrogen (secondary N) is 1. The number of nitriles is 1. The summed E-state index contributed by atoms with van der Waals surface area (Å²) in [6, 6.07) is 7.15. The Morgan fingerprint density at radius 1 is 1.17 bits per heavy atom. The molecule has 1 aliphatic carbocycles. The van der Waals surface area contributed by atoms with E-state index in [-0.39, 0.29) is 34.9 Å². The Morgan fingerprint density at radius 3 is 2.54 bits per heavy atom. The molecule has 0 spiro atoms. The molecule has 2 aliphatic rings. The summed E-state index contributed by atoms with van der Waals surface area (Å²) in [4.78, 5) is 22.0. The summed E-state index contributed by atoms with van der Waals surface area (Å²) in [6.07, 6.45) is -0.442. The Hall–Kier alpha value is -3.61. The number of aromatic amines is 1. The van der Waals surface area contributed by atoms with Gasteiger partial charge < -0.3 is 14.6 Å². The molecule has 1 atom stereocenters. The van der Waals surface area contributed by atoms with E-state index < -0.39 is 6.36 Å². The topological polar surface area (TPSA) is 82.0 Å². The molecule has 1 amide bonds. The molecule has 182 valence electrons. The van der Waals surface area contributed by atoms with E-state index >= 15 is 4.39 Å². The average molecular weight is 486 g/mol. The maximum absolute atomic E-state index is 15.1. The van der Waals surface area contributed by atoms with Crippen LogP contribution in [0.25, 0.3) is 11.0 Å². The molecule has 0 radical (unpaired) electrons. The van der Waals surface area contributed by atoms with Crippen LogP contribution in [0.1, 0.15) is 52.4 Å². The number of benzene rings is 1. The number of amides is 1. The molecule has 1 N–H and O–H groups in total. The molecule has 1 aromatic carbocycles. The van der Waals surface area contributed by atoms with Crippen LogP contribution in [0.2, 0.25) is 0 Å². The number of fused-ring (bicyclic) bond motifs is 3. The van der Waals surface area contributed by atoms with E-state index in [1.807, 2.05) is 0 Å². The van der Waals surface area contributed by atoms with Crippen molar-refractivity contribution in [2.75, 3.05) is 13.1 Å². The first-order valence-corrected chi connectivity index (χ1v) is 11.5. The quantitative estimate of drug-likeness (QED) is 0.513. The molecule has 5 rings (SSSR count). The molecule has 1 saturated heterocycles. The van der Waals surface area contributed by atoms with Crippen LogP contribution in [-0.4, -0.2) is 40.2 Å². The van der Waals surface area contributed by atoms with Crippen LogP contribution in [0.5, 0.6) is 5.75 Å². The van der Waals surface area contributed by atoms with Crippen LogP contribution in [-0.2, 0) is 12.8 Å². The minimum absolute atomic E-state index is 0.0628. The zero-order valence-corrected chi connectivity index (χ0v) is 18.7. The van der Waals surface area contributed by atoms with Crippen molar-refractivity contribution in [3.05, 3.63) is 58.7 Å². The zero-order valence-electron chi connectivity index (χ0n) is 18.7. The number of nitrogens with zero attached hydrogens (tertiary/aromatic N) is 3. The number of hydrogen-bond donors (Lipinski definition) is 1. The van der Waals surface area contributed by atoms with E-state index in [2.05, 4.69) is 20.8 Å². The molecule has 0 bridgehead atoms. The lowest BCUT2D eigenvalue weighted by Gasteiger charge is -2.33. The second-order valence-corrected chi connectivity index (χ2v) is 9.03. The number of carbonyl (C=O) groups excluding carboxylic acids is 1. The van der Waals surface area contributed by atoms with Crippen LogP contribution in [0.4, 0.5) is 17.6 Å². The lowest BCUT2D eigenvalue weighted by atomic mass is 9.83. The molecule has 1 aliphatic heterocycles. The van der Waals surface area contributed by atoms with Gasteiger partial charge in [0.25, 0.3) is 5.91 Å². The van der Waals surface area contributed by atoms with E-state index in [0.29, 0.717) is 50.0 Å². The van der Waals surface area contributed by atoms with Crippen LogP contribution in [0.15, 0.2) is 30.5 Å². The molecule has 1 unspecified atom stereocenters. The number of carbonyl (C=O) groups is 1. The third-order valence-electron chi connectivity index (χ3n) is 6.91. The smallest absolute Gasteiger partial charge is 0.406 e. The van der Waals surface area contributed by atoms with Crippen molar-refractivity contribution >= 4 is 16.9 Å². The minimum atomic E-state index is -4.79. The third-order valence-corrected chi connectivity index (χ3v) is 6.91. The van der Waals surface area contributed by atoms with Crippen LogP contribution < -0.4 is 4.74 Å². The first-order chi connectivity index (χ1) is 16.7. The number of hydrogen-bond acceptors (Lipinski definition) is 4. The summed E-state index contributed by atoms with van der Waals surface area (Å²) >= 11 is 0. The summed E-state index contributed by atoms with van der Waals surface area (Å²) in [7, 11) is 0. The standard InChI is InChI=1S/C25H22F4N4O2/c26-19-13-31-23-22(18-6-1-14(12-30)11-20(18)32-23)21(19)15-7-9-33(10-8-15)24(34)16-2-4-17(5-3-16)35-25(27,28)29/h2-5,13-15H,1,6-11H2,(H,31,32). The van der Waals surface area contributed by atoms with E-state index in [1.165, 1.54) is 18.3 Å². The number of aryl methyl sites for hydroxylation is 1. The van der Waals surface area contributed by atoms with Crippen molar-refractivity contribution in [2.24, 2.45) is 5.92 Å². The molecule has 6 nitrogen and oxygen atoms in total. The van der Waals surface area contributed by atoms with Crippen LogP contribution in [0.3, 0.4) is 0 Å². The molecular formula is C25H22F4N4O2. The Morgan fingerprint density at radius 2 is 1.89 bits per heavy atom. The van der Waals surface area contributed by atoms with Crippen molar-refractivity contribution in [1.29, 1.82) is 5.26 Å². The van der Waals surface area contributed by atoms with Gasteiger partial charge in [0.1, 0.15) is 17.2 Å². The Bertz CT molecular complexity index is 1300. The highest BCUT2D eigenvalue weighted by atomic mass is 19.4. The Labute approximate surface area is 198 Å². The predicted octanol–water partition coefficient (Wildman–Crippen LogP) is 5.25. The predicted molar refractivity (Wildman–Crippen MR) is 118 cm³/mol. The van der Waals surface area contributed by atoms with E-state index in [4.69, 9.17) is 0 Å². The average Bonchev–Trinajstić information content (AvgIpc) is 3.21. The van der Waals surface area contributed by atoms with E-state index in [1.54, 1.807) is 4.90 Å². The van der Waals surface area contributed by atoms with Gasteiger partial charge in [0.05, 0.1) is 18.2 Å². The minimum Gasteiger partial charge on any atom is -0.406 e. The van der Waals surface area contributed by atoms with Gasteiger partial charge in [-0.05, 0) is 61.4 Å². The Balaban J connectivity index is 1.32. The van der Waals surface area contributed by atoms with Crippen LogP contribution in [0, 0.1) is 23.1 Å². The third kappa shape index (κ3) is 4.55. The molecular weight excluding hydrogens is 464 g/mol. The highest BCUT2D eigenvalue weighted by molar-refractivity contribution is 5.94. The van der Waals surface area contributed by atoms with Gasteiger partial charge in [-0.15, -0.1) is 13.2 Å². The summed E-state index contributed by atoms with van der Waals surface area (Å²) in [6.45, 7) is 0.799. The van der Waals surface area contributed by atoms with Crippen molar-refractivity contribution in [3.63, 3.8) is 0 Å². The first-order valence-electron chi connectivity index (χ1n) is 11.5. The molecule has 35 heavy (non-hydrogen) atoms. The summed E-state index contributed by atoms with van der Waals surface area (Å²) < 4.78 is 56.0. The number of H-pyrrole nitrogens is 1. The molecule has 3 heterocycles. The fraction of sp³-hybridized carbons (Fsp3) is 0.400. The second-order valence-electron chi connectivity index (χ2n) is 9.03. The zero-order chi connectivity index (χ0) is 24.7. The number of aromatic nitrogens is 2. The largest absolute Gasteiger partial charge is 0.573 e. The van der Waals surface area contributed by atoms with Gasteiger partial charge in [0.2, 0.25) is 0 Å². The van der Waals surface area contributed by atoms with Crippen molar-refractivity contribution < 1.29 is 27.1 Å². The van der Waals surface area contributed by atoms with Gasteiger partial charge in [-0.25, -0.2) is 9.37 Å². The van der Waals surface area contributed by atoms with Gasteiger partial charge in [-0.1, -0.05) is 0 Å². The normalized spacial score (nSPS) is 18.8. The van der Waals surface area contributed by atoms with Crippen molar-refractivity contribution in [2.45, 2.75) is 44.4 Å². The van der Waals surface area contributed by atoms with E-state index in [9.17, 15) is 23.2 Å². The molecule has 0 saturated carbocycles. The highest BCUT2D eigenvalue weighted by Gasteiger charge is 2.33. The lowest BCUT2D eigenvalue weighted by Crippen LogP contribution is -2.38. The number of ether oxygens (including phenoxy) is 1.